The van der Waals surface area contributed by atoms with Crippen LogP contribution in [0.3, 0.4) is 0 Å². The smallest absolute Gasteiger partial charge is 0.125 e. The van der Waals surface area contributed by atoms with Crippen LogP contribution >= 0.6 is 0 Å². The van der Waals surface area contributed by atoms with E-state index in [9.17, 15) is 4.39 Å². The number of piperazine rings is 1. The number of halogens is 1. The Balaban J connectivity index is 2.22. The zero-order valence-corrected chi connectivity index (χ0v) is 9.09. The van der Waals surface area contributed by atoms with Gasteiger partial charge in [0.15, 0.2) is 0 Å². The molecule has 1 saturated heterocycles. The van der Waals surface area contributed by atoms with Gasteiger partial charge in [0.05, 0.1) is 0 Å². The molecule has 0 saturated carbocycles. The molecule has 0 aromatic heterocycles. The van der Waals surface area contributed by atoms with E-state index in [4.69, 9.17) is 0 Å². The zero-order valence-electron chi connectivity index (χ0n) is 9.09. The van der Waals surface area contributed by atoms with Gasteiger partial charge in [0.2, 0.25) is 0 Å². The summed E-state index contributed by atoms with van der Waals surface area (Å²) >= 11 is 0. The highest BCUT2D eigenvalue weighted by atomic mass is 19.1. The fraction of sp³-hybridized carbons (Fsp3) is 0.500. The average molecular weight is 208 g/mol. The van der Waals surface area contributed by atoms with Crippen LogP contribution in [0.15, 0.2) is 18.2 Å². The molecule has 0 radical (unpaired) electrons. The van der Waals surface area contributed by atoms with Gasteiger partial charge in [-0.15, -0.1) is 0 Å². The SMILES string of the molecule is CCc1cc(F)cc(N2CCNCC2)c1. The molecule has 1 aliphatic rings. The van der Waals surface area contributed by atoms with Crippen LogP contribution in [0.5, 0.6) is 0 Å². The Hall–Kier alpha value is -1.09. The minimum atomic E-state index is -0.122. The summed E-state index contributed by atoms with van der Waals surface area (Å²) in [7, 11) is 0. The molecule has 1 heterocycles. The molecule has 15 heavy (non-hydrogen) atoms. The van der Waals surface area contributed by atoms with Crippen LogP contribution in [-0.4, -0.2) is 26.2 Å². The number of nitrogens with zero attached hydrogens (tertiary/aromatic N) is 1. The van der Waals surface area contributed by atoms with Crippen molar-refractivity contribution in [3.63, 3.8) is 0 Å². The number of aryl methyl sites for hydroxylation is 1. The second-order valence-corrected chi connectivity index (χ2v) is 3.91. The van der Waals surface area contributed by atoms with Crippen molar-refractivity contribution in [3.05, 3.63) is 29.6 Å². The third-order valence-electron chi connectivity index (χ3n) is 2.83. The van der Waals surface area contributed by atoms with Crippen molar-refractivity contribution in [2.24, 2.45) is 0 Å². The summed E-state index contributed by atoms with van der Waals surface area (Å²) in [5, 5.41) is 3.29. The second kappa shape index (κ2) is 4.62. The number of nitrogens with one attached hydrogen (secondary N) is 1. The van der Waals surface area contributed by atoms with E-state index in [1.807, 2.05) is 0 Å². The third kappa shape index (κ3) is 2.48. The van der Waals surface area contributed by atoms with Gasteiger partial charge in [0, 0.05) is 31.9 Å². The number of rotatable bonds is 2. The maximum atomic E-state index is 13.3. The zero-order chi connectivity index (χ0) is 10.7. The Morgan fingerprint density at radius 2 is 2.00 bits per heavy atom. The molecule has 0 atom stereocenters. The molecule has 1 aromatic rings. The monoisotopic (exact) mass is 208 g/mol. The Morgan fingerprint density at radius 1 is 1.27 bits per heavy atom. The highest BCUT2D eigenvalue weighted by Gasteiger charge is 2.11. The molecule has 1 N–H and O–H groups in total. The van der Waals surface area contributed by atoms with Gasteiger partial charge in [-0.2, -0.15) is 0 Å². The van der Waals surface area contributed by atoms with Crippen molar-refractivity contribution in [1.29, 1.82) is 0 Å². The van der Waals surface area contributed by atoms with Crippen molar-refractivity contribution < 1.29 is 4.39 Å². The van der Waals surface area contributed by atoms with E-state index in [2.05, 4.69) is 23.2 Å². The highest BCUT2D eigenvalue weighted by Crippen LogP contribution is 2.19. The number of hydrogen-bond acceptors (Lipinski definition) is 2. The van der Waals surface area contributed by atoms with E-state index < -0.39 is 0 Å². The fourth-order valence-electron chi connectivity index (χ4n) is 1.94. The van der Waals surface area contributed by atoms with E-state index in [1.54, 1.807) is 12.1 Å². The number of anilines is 1. The molecule has 0 amide bonds. The molecule has 0 bridgehead atoms. The predicted octanol–water partition coefficient (Wildman–Crippen LogP) is 1.80. The molecule has 1 aromatic carbocycles. The van der Waals surface area contributed by atoms with E-state index in [0.717, 1.165) is 43.9 Å². The molecule has 1 aliphatic heterocycles. The van der Waals surface area contributed by atoms with Crippen molar-refractivity contribution >= 4 is 5.69 Å². The van der Waals surface area contributed by atoms with Crippen LogP contribution in [0.25, 0.3) is 0 Å². The van der Waals surface area contributed by atoms with Crippen molar-refractivity contribution in [2.45, 2.75) is 13.3 Å². The van der Waals surface area contributed by atoms with Crippen LogP contribution in [0.1, 0.15) is 12.5 Å². The Labute approximate surface area is 90.1 Å². The first-order chi connectivity index (χ1) is 7.29. The fourth-order valence-corrected chi connectivity index (χ4v) is 1.94. The Bertz CT molecular complexity index is 332. The van der Waals surface area contributed by atoms with Gasteiger partial charge in [0.1, 0.15) is 5.82 Å². The van der Waals surface area contributed by atoms with Crippen LogP contribution < -0.4 is 10.2 Å². The van der Waals surface area contributed by atoms with Gasteiger partial charge in [-0.25, -0.2) is 4.39 Å². The first-order valence-electron chi connectivity index (χ1n) is 5.54. The average Bonchev–Trinajstić information content (AvgIpc) is 2.29. The van der Waals surface area contributed by atoms with Gasteiger partial charge in [-0.3, -0.25) is 0 Å². The standard InChI is InChI=1S/C12H17FN2/c1-2-10-7-11(13)9-12(8-10)15-5-3-14-4-6-15/h7-9,14H,2-6H2,1H3. The van der Waals surface area contributed by atoms with Gasteiger partial charge < -0.3 is 10.2 Å². The molecule has 0 spiro atoms. The molecule has 3 heteroatoms. The summed E-state index contributed by atoms with van der Waals surface area (Å²) in [5.74, 6) is -0.122. The maximum absolute atomic E-state index is 13.3. The molecular formula is C12H17FN2. The minimum absolute atomic E-state index is 0.122. The van der Waals surface area contributed by atoms with Gasteiger partial charge >= 0.3 is 0 Å². The largest absolute Gasteiger partial charge is 0.369 e. The molecule has 0 unspecified atom stereocenters. The van der Waals surface area contributed by atoms with Crippen LogP contribution in [0.2, 0.25) is 0 Å². The minimum Gasteiger partial charge on any atom is -0.369 e. The normalized spacial score (nSPS) is 16.8. The lowest BCUT2D eigenvalue weighted by Gasteiger charge is -2.29. The molecule has 0 aliphatic carbocycles. The lowest BCUT2D eigenvalue weighted by Crippen LogP contribution is -2.43. The summed E-state index contributed by atoms with van der Waals surface area (Å²) in [6.45, 7) is 5.95. The van der Waals surface area contributed by atoms with Crippen LogP contribution in [0.4, 0.5) is 10.1 Å². The van der Waals surface area contributed by atoms with Gasteiger partial charge in [-0.1, -0.05) is 6.92 Å². The van der Waals surface area contributed by atoms with E-state index in [-0.39, 0.29) is 5.82 Å². The van der Waals surface area contributed by atoms with Crippen molar-refractivity contribution in [2.75, 3.05) is 31.1 Å². The number of hydrogen-bond donors (Lipinski definition) is 1. The van der Waals surface area contributed by atoms with E-state index in [0.29, 0.717) is 0 Å². The topological polar surface area (TPSA) is 15.3 Å². The summed E-state index contributed by atoms with van der Waals surface area (Å²) in [6.07, 6.45) is 0.886. The number of benzene rings is 1. The Morgan fingerprint density at radius 3 is 2.67 bits per heavy atom. The van der Waals surface area contributed by atoms with Gasteiger partial charge in [0.25, 0.3) is 0 Å². The van der Waals surface area contributed by atoms with Crippen LogP contribution in [-0.2, 0) is 6.42 Å². The van der Waals surface area contributed by atoms with Crippen molar-refractivity contribution in [3.8, 4) is 0 Å². The molecule has 82 valence electrons. The summed E-state index contributed by atoms with van der Waals surface area (Å²) < 4.78 is 13.3. The Kier molecular flexibility index (Phi) is 3.21. The summed E-state index contributed by atoms with van der Waals surface area (Å²) in [5.41, 5.74) is 2.09. The first-order valence-corrected chi connectivity index (χ1v) is 5.54. The predicted molar refractivity (Wildman–Crippen MR) is 60.9 cm³/mol. The molecular weight excluding hydrogens is 191 g/mol. The summed E-state index contributed by atoms with van der Waals surface area (Å²) in [6, 6.07) is 5.34. The maximum Gasteiger partial charge on any atom is 0.125 e. The van der Waals surface area contributed by atoms with Crippen LogP contribution in [0, 0.1) is 5.82 Å². The van der Waals surface area contributed by atoms with Crippen molar-refractivity contribution in [1.82, 2.24) is 5.32 Å². The lowest BCUT2D eigenvalue weighted by atomic mass is 10.1. The third-order valence-corrected chi connectivity index (χ3v) is 2.83. The second-order valence-electron chi connectivity index (χ2n) is 3.91. The van der Waals surface area contributed by atoms with E-state index in [1.165, 1.54) is 0 Å². The highest BCUT2D eigenvalue weighted by molar-refractivity contribution is 5.49. The molecule has 2 nitrogen and oxygen atoms in total. The quantitative estimate of drug-likeness (QED) is 0.797. The molecule has 1 fully saturated rings. The van der Waals surface area contributed by atoms with E-state index >= 15 is 0 Å². The molecule has 2 rings (SSSR count). The van der Waals surface area contributed by atoms with Gasteiger partial charge in [-0.05, 0) is 30.2 Å². The summed E-state index contributed by atoms with van der Waals surface area (Å²) in [4.78, 5) is 2.23. The first kappa shape index (κ1) is 10.4. The lowest BCUT2D eigenvalue weighted by molar-refractivity contribution is 0.584.